The van der Waals surface area contributed by atoms with Crippen molar-refractivity contribution in [3.63, 3.8) is 0 Å². The normalized spacial score (nSPS) is 27.2. The minimum atomic E-state index is -0.219. The molecule has 6 heteroatoms. The van der Waals surface area contributed by atoms with E-state index in [1.807, 2.05) is 0 Å². The van der Waals surface area contributed by atoms with E-state index in [0.717, 1.165) is 25.9 Å². The molecule has 20 heavy (non-hydrogen) atoms. The third-order valence-electron chi connectivity index (χ3n) is 4.26. The Bertz CT molecular complexity index is 495. The van der Waals surface area contributed by atoms with Crippen molar-refractivity contribution >= 4 is 5.91 Å². The molecule has 2 aliphatic rings. The first kappa shape index (κ1) is 13.5. The summed E-state index contributed by atoms with van der Waals surface area (Å²) in [6.45, 7) is 8.43. The number of hydrogen-bond donors (Lipinski definition) is 1. The van der Waals surface area contributed by atoms with Crippen LogP contribution in [0.15, 0.2) is 4.52 Å². The third kappa shape index (κ3) is 2.70. The smallest absolute Gasteiger partial charge is 0.292 e. The van der Waals surface area contributed by atoms with Crippen molar-refractivity contribution < 1.29 is 9.32 Å². The molecule has 0 bridgehead atoms. The van der Waals surface area contributed by atoms with Gasteiger partial charge in [-0.15, -0.1) is 0 Å². The van der Waals surface area contributed by atoms with Crippen LogP contribution in [0.2, 0.25) is 0 Å². The number of aromatic nitrogens is 2. The van der Waals surface area contributed by atoms with Gasteiger partial charge in [-0.3, -0.25) is 9.69 Å². The van der Waals surface area contributed by atoms with Gasteiger partial charge in [0.25, 0.3) is 11.7 Å². The van der Waals surface area contributed by atoms with Crippen molar-refractivity contribution in [2.45, 2.75) is 51.6 Å². The van der Waals surface area contributed by atoms with E-state index in [2.05, 4.69) is 41.1 Å². The van der Waals surface area contributed by atoms with Gasteiger partial charge in [0.05, 0.1) is 0 Å². The average Bonchev–Trinajstić information content (AvgIpc) is 3.01. The lowest BCUT2D eigenvalue weighted by Crippen LogP contribution is -2.40. The van der Waals surface area contributed by atoms with E-state index in [0.29, 0.717) is 23.8 Å². The van der Waals surface area contributed by atoms with E-state index in [1.165, 1.54) is 0 Å². The second-order valence-corrected chi connectivity index (χ2v) is 6.34. The highest BCUT2D eigenvalue weighted by Crippen LogP contribution is 2.38. The van der Waals surface area contributed by atoms with E-state index in [9.17, 15) is 4.79 Å². The zero-order valence-electron chi connectivity index (χ0n) is 12.3. The van der Waals surface area contributed by atoms with Gasteiger partial charge < -0.3 is 9.84 Å². The van der Waals surface area contributed by atoms with Gasteiger partial charge in [0.15, 0.2) is 0 Å². The molecule has 0 aromatic carbocycles. The highest BCUT2D eigenvalue weighted by molar-refractivity contribution is 5.90. The molecule has 1 aliphatic carbocycles. The largest absolute Gasteiger partial charge is 0.345 e. The Balaban J connectivity index is 1.60. The van der Waals surface area contributed by atoms with Crippen LogP contribution in [0.25, 0.3) is 0 Å². The molecule has 3 rings (SSSR count). The molecular weight excluding hydrogens is 256 g/mol. The minimum absolute atomic E-state index is 0.160. The van der Waals surface area contributed by atoms with Crippen LogP contribution in [-0.4, -0.2) is 46.1 Å². The lowest BCUT2D eigenvalue weighted by Gasteiger charge is -2.20. The Kier molecular flexibility index (Phi) is 3.50. The number of hydrogen-bond acceptors (Lipinski definition) is 5. The Hall–Kier alpha value is -1.43. The second-order valence-electron chi connectivity index (χ2n) is 6.34. The average molecular weight is 278 g/mol. The maximum atomic E-state index is 12.2. The molecule has 2 atom stereocenters. The van der Waals surface area contributed by atoms with Crippen LogP contribution in [0.4, 0.5) is 0 Å². The minimum Gasteiger partial charge on any atom is -0.345 e. The van der Waals surface area contributed by atoms with E-state index in [-0.39, 0.29) is 17.8 Å². The number of amides is 1. The summed E-state index contributed by atoms with van der Waals surface area (Å²) in [7, 11) is 0. The van der Waals surface area contributed by atoms with E-state index in [4.69, 9.17) is 4.52 Å². The third-order valence-corrected chi connectivity index (χ3v) is 4.26. The van der Waals surface area contributed by atoms with Gasteiger partial charge in [-0.25, -0.2) is 0 Å². The molecule has 110 valence electrons. The molecule has 1 aliphatic heterocycles. The zero-order valence-corrected chi connectivity index (χ0v) is 12.3. The van der Waals surface area contributed by atoms with Gasteiger partial charge in [-0.1, -0.05) is 12.1 Å². The first-order valence-corrected chi connectivity index (χ1v) is 7.43. The first-order valence-electron chi connectivity index (χ1n) is 7.43. The molecule has 1 saturated heterocycles. The maximum absolute atomic E-state index is 12.2. The van der Waals surface area contributed by atoms with Gasteiger partial charge in [0.2, 0.25) is 5.89 Å². The number of rotatable bonds is 4. The van der Waals surface area contributed by atoms with E-state index < -0.39 is 0 Å². The Labute approximate surface area is 118 Å². The fourth-order valence-corrected chi connectivity index (χ4v) is 2.67. The van der Waals surface area contributed by atoms with Crippen LogP contribution in [0.3, 0.4) is 0 Å². The molecule has 1 saturated carbocycles. The van der Waals surface area contributed by atoms with Crippen molar-refractivity contribution in [3.8, 4) is 0 Å². The first-order chi connectivity index (χ1) is 9.54. The number of likely N-dealkylation sites (tertiary alicyclic amines) is 1. The van der Waals surface area contributed by atoms with Crippen LogP contribution in [-0.2, 0) is 0 Å². The highest BCUT2D eigenvalue weighted by atomic mass is 16.5. The fourth-order valence-electron chi connectivity index (χ4n) is 2.67. The topological polar surface area (TPSA) is 71.3 Å². The molecule has 1 aromatic rings. The van der Waals surface area contributed by atoms with Gasteiger partial charge in [0.1, 0.15) is 0 Å². The predicted octanol–water partition coefficient (Wildman–Crippen LogP) is 1.41. The van der Waals surface area contributed by atoms with Gasteiger partial charge >= 0.3 is 0 Å². The summed E-state index contributed by atoms with van der Waals surface area (Å²) in [6.07, 6.45) is 2.18. The van der Waals surface area contributed by atoms with Crippen LogP contribution in [0, 0.1) is 5.92 Å². The molecule has 1 aromatic heterocycles. The van der Waals surface area contributed by atoms with Gasteiger partial charge in [-0.05, 0) is 32.6 Å². The Morgan fingerprint density at radius 1 is 1.40 bits per heavy atom. The summed E-state index contributed by atoms with van der Waals surface area (Å²) in [5.41, 5.74) is 0. The summed E-state index contributed by atoms with van der Waals surface area (Å²) in [5, 5.41) is 6.82. The van der Waals surface area contributed by atoms with Crippen molar-refractivity contribution in [3.05, 3.63) is 11.7 Å². The SMILES string of the molecule is CC(C)N1C[C@@H](C)[C@H](NC(=O)c2noc(C3CC3)n2)C1. The van der Waals surface area contributed by atoms with Gasteiger partial charge in [-0.2, -0.15) is 4.98 Å². The van der Waals surface area contributed by atoms with E-state index >= 15 is 0 Å². The second kappa shape index (κ2) is 5.16. The van der Waals surface area contributed by atoms with E-state index in [1.54, 1.807) is 0 Å². The summed E-state index contributed by atoms with van der Waals surface area (Å²) in [6, 6.07) is 0.666. The molecule has 1 amide bonds. The number of carbonyl (C=O) groups is 1. The summed E-state index contributed by atoms with van der Waals surface area (Å²) >= 11 is 0. The lowest BCUT2D eigenvalue weighted by molar-refractivity contribution is 0.0917. The quantitative estimate of drug-likeness (QED) is 0.901. The van der Waals surface area contributed by atoms with Crippen LogP contribution >= 0.6 is 0 Å². The molecule has 0 spiro atoms. The molecule has 1 N–H and O–H groups in total. The maximum Gasteiger partial charge on any atom is 0.292 e. The van der Waals surface area contributed by atoms with Crippen molar-refractivity contribution in [2.75, 3.05) is 13.1 Å². The molecule has 6 nitrogen and oxygen atoms in total. The standard InChI is InChI=1S/C14H22N4O2/c1-8(2)18-6-9(3)11(7-18)15-13(19)12-16-14(20-17-12)10-4-5-10/h8-11H,4-7H2,1-3H3,(H,15,19)/t9-,11-/m1/s1. The highest BCUT2D eigenvalue weighted by Gasteiger charge is 2.34. The summed E-state index contributed by atoms with van der Waals surface area (Å²) in [4.78, 5) is 18.7. The van der Waals surface area contributed by atoms with Crippen LogP contribution in [0.5, 0.6) is 0 Å². The monoisotopic (exact) mass is 278 g/mol. The summed E-state index contributed by atoms with van der Waals surface area (Å²) < 4.78 is 5.13. The van der Waals surface area contributed by atoms with Crippen molar-refractivity contribution in [2.24, 2.45) is 5.92 Å². The molecule has 2 heterocycles. The number of nitrogens with zero attached hydrogens (tertiary/aromatic N) is 3. The summed E-state index contributed by atoms with van der Waals surface area (Å²) in [5.74, 6) is 1.38. The molecule has 0 unspecified atom stereocenters. The molecule has 2 fully saturated rings. The molecular formula is C14H22N4O2. The molecule has 0 radical (unpaired) electrons. The van der Waals surface area contributed by atoms with Crippen LogP contribution < -0.4 is 5.32 Å². The fraction of sp³-hybridized carbons (Fsp3) is 0.786. The van der Waals surface area contributed by atoms with Crippen molar-refractivity contribution in [1.29, 1.82) is 0 Å². The van der Waals surface area contributed by atoms with Gasteiger partial charge in [0, 0.05) is 31.1 Å². The van der Waals surface area contributed by atoms with Crippen molar-refractivity contribution in [1.82, 2.24) is 20.4 Å². The number of carbonyl (C=O) groups excluding carboxylic acids is 1. The Morgan fingerprint density at radius 3 is 2.75 bits per heavy atom. The Morgan fingerprint density at radius 2 is 2.15 bits per heavy atom. The lowest BCUT2D eigenvalue weighted by atomic mass is 10.1. The zero-order chi connectivity index (χ0) is 14.3. The van der Waals surface area contributed by atoms with Crippen LogP contribution in [0.1, 0.15) is 56.0 Å². The predicted molar refractivity (Wildman–Crippen MR) is 73.4 cm³/mol. The number of nitrogens with one attached hydrogen (secondary N) is 1.